The predicted octanol–water partition coefficient (Wildman–Crippen LogP) is 5.48. The van der Waals surface area contributed by atoms with E-state index in [-0.39, 0.29) is 17.9 Å². The molecule has 5 nitrogen and oxygen atoms in total. The summed E-state index contributed by atoms with van der Waals surface area (Å²) in [6.45, 7) is 4.23. The number of rotatable bonds is 5. The lowest BCUT2D eigenvalue weighted by Gasteiger charge is -2.46. The Bertz CT molecular complexity index is 1180. The molecule has 0 radical (unpaired) electrons. The molecule has 2 aliphatic heterocycles. The Morgan fingerprint density at radius 3 is 2.70 bits per heavy atom. The van der Waals surface area contributed by atoms with Gasteiger partial charge in [-0.3, -0.25) is 4.90 Å². The molecule has 172 valence electrons. The quantitative estimate of drug-likeness (QED) is 0.321. The van der Waals surface area contributed by atoms with Gasteiger partial charge in [0.2, 0.25) is 0 Å². The number of ether oxygens (including phenoxy) is 2. The molecular formula is C28H32N2O3. The third-order valence-electron chi connectivity index (χ3n) is 7.57. The van der Waals surface area contributed by atoms with Crippen molar-refractivity contribution in [1.82, 2.24) is 9.88 Å². The Balaban J connectivity index is 1.58. The third-order valence-corrected chi connectivity index (χ3v) is 7.57. The lowest BCUT2D eigenvalue weighted by molar-refractivity contribution is -0.137. The number of nitrogens with zero attached hydrogens (tertiary/aromatic N) is 1. The smallest absolute Gasteiger partial charge is 0.337 e. The summed E-state index contributed by atoms with van der Waals surface area (Å²) < 4.78 is 10.4. The largest absolute Gasteiger partial charge is 0.504 e. The van der Waals surface area contributed by atoms with Crippen LogP contribution in [0.15, 0.2) is 60.4 Å². The highest BCUT2D eigenvalue weighted by molar-refractivity contribution is 5.98. The lowest BCUT2D eigenvalue weighted by Crippen LogP contribution is -2.47. The number of hydrogen-bond donors (Lipinski definition) is 1. The molecule has 1 saturated heterocycles. The Labute approximate surface area is 195 Å². The van der Waals surface area contributed by atoms with Crippen LogP contribution >= 0.6 is 0 Å². The number of esters is 1. The fraction of sp³-hybridized carbons (Fsp3) is 0.393. The van der Waals surface area contributed by atoms with E-state index in [1.54, 1.807) is 13.4 Å². The summed E-state index contributed by atoms with van der Waals surface area (Å²) in [5.41, 5.74) is 7.11. The molecule has 0 saturated carbocycles. The van der Waals surface area contributed by atoms with Crippen molar-refractivity contribution in [3.63, 3.8) is 0 Å². The Kier molecular flexibility index (Phi) is 5.98. The molecule has 1 aromatic heterocycles. The normalized spacial score (nSPS) is 23.1. The second kappa shape index (κ2) is 9.06. The van der Waals surface area contributed by atoms with Crippen LogP contribution in [0.2, 0.25) is 0 Å². The van der Waals surface area contributed by atoms with E-state index in [9.17, 15) is 4.79 Å². The van der Waals surface area contributed by atoms with E-state index in [4.69, 9.17) is 9.47 Å². The molecule has 1 N–H and O–H groups in total. The van der Waals surface area contributed by atoms with Gasteiger partial charge in [-0.1, -0.05) is 55.8 Å². The highest BCUT2D eigenvalue weighted by atomic mass is 16.5. The molecule has 5 rings (SSSR count). The maximum Gasteiger partial charge on any atom is 0.337 e. The van der Waals surface area contributed by atoms with Crippen LogP contribution < -0.4 is 0 Å². The molecule has 0 spiro atoms. The number of carbonyl (C=O) groups excluding carboxylic acids is 1. The third kappa shape index (κ3) is 3.74. The Morgan fingerprint density at radius 2 is 1.97 bits per heavy atom. The van der Waals surface area contributed by atoms with Crippen molar-refractivity contribution in [3.8, 4) is 11.1 Å². The number of piperidine rings is 1. The van der Waals surface area contributed by atoms with Crippen LogP contribution in [-0.4, -0.2) is 43.2 Å². The van der Waals surface area contributed by atoms with Gasteiger partial charge in [0.1, 0.15) is 0 Å². The van der Waals surface area contributed by atoms with Crippen molar-refractivity contribution in [2.75, 3.05) is 27.3 Å². The number of nitrogens with one attached hydrogen (secondary N) is 1. The summed E-state index contributed by atoms with van der Waals surface area (Å²) in [4.78, 5) is 19.0. The second-order valence-corrected chi connectivity index (χ2v) is 9.18. The summed E-state index contributed by atoms with van der Waals surface area (Å²) >= 11 is 0. The summed E-state index contributed by atoms with van der Waals surface area (Å²) in [5, 5.41) is 1.34. The second-order valence-electron chi connectivity index (χ2n) is 9.18. The number of benzene rings is 2. The van der Waals surface area contributed by atoms with Gasteiger partial charge in [0, 0.05) is 29.7 Å². The molecule has 5 heteroatoms. The topological polar surface area (TPSA) is 54.6 Å². The highest BCUT2D eigenvalue weighted by Crippen LogP contribution is 2.47. The fourth-order valence-corrected chi connectivity index (χ4v) is 6.01. The number of methoxy groups -OCH3 is 2. The average Bonchev–Trinajstić information content (AvgIpc) is 3.26. The van der Waals surface area contributed by atoms with Gasteiger partial charge in [0.05, 0.1) is 32.1 Å². The van der Waals surface area contributed by atoms with Crippen molar-refractivity contribution >= 4 is 16.9 Å². The van der Waals surface area contributed by atoms with E-state index in [1.165, 1.54) is 40.4 Å². The lowest BCUT2D eigenvalue weighted by atomic mass is 9.74. The minimum absolute atomic E-state index is 0.106. The van der Waals surface area contributed by atoms with E-state index in [1.807, 2.05) is 0 Å². The molecule has 2 aromatic carbocycles. The Hall–Kier alpha value is -3.05. The standard InChI is InChI=1S/C28H32N2O3/c1-4-18-16-30-14-13-21-26-20(19-9-6-5-7-10-19)11-8-12-24(26)29-27(21)25(30)15-22(18)23(17-32-2)28(31)33-3/h5-12,17-18,22,25,29H,4,13-16H2,1-3H3/b23-17+/t18-,22+,25+/m1/s1. The maximum absolute atomic E-state index is 12.6. The van der Waals surface area contributed by atoms with Gasteiger partial charge in [0.15, 0.2) is 0 Å². The van der Waals surface area contributed by atoms with E-state index < -0.39 is 0 Å². The van der Waals surface area contributed by atoms with Crippen molar-refractivity contribution < 1.29 is 14.3 Å². The first-order valence-corrected chi connectivity index (χ1v) is 11.9. The molecule has 0 unspecified atom stereocenters. The number of H-pyrrole nitrogens is 1. The minimum atomic E-state index is -0.284. The molecule has 1 fully saturated rings. The number of hydrogen-bond acceptors (Lipinski definition) is 4. The van der Waals surface area contributed by atoms with Crippen molar-refractivity contribution in [3.05, 3.63) is 71.6 Å². The number of carbonyl (C=O) groups is 1. The fourth-order valence-electron chi connectivity index (χ4n) is 6.01. The zero-order chi connectivity index (χ0) is 22.9. The molecule has 0 bridgehead atoms. The molecule has 3 aromatic rings. The van der Waals surface area contributed by atoms with Gasteiger partial charge in [0.25, 0.3) is 0 Å². The molecule has 2 aliphatic rings. The van der Waals surface area contributed by atoms with Crippen molar-refractivity contribution in [1.29, 1.82) is 0 Å². The van der Waals surface area contributed by atoms with E-state index in [2.05, 4.69) is 65.3 Å². The van der Waals surface area contributed by atoms with Crippen LogP contribution in [0, 0.1) is 11.8 Å². The molecule has 3 atom stereocenters. The monoisotopic (exact) mass is 444 g/mol. The maximum atomic E-state index is 12.6. The predicted molar refractivity (Wildman–Crippen MR) is 131 cm³/mol. The van der Waals surface area contributed by atoms with Gasteiger partial charge in [-0.2, -0.15) is 0 Å². The van der Waals surface area contributed by atoms with Crippen molar-refractivity contribution in [2.45, 2.75) is 32.2 Å². The van der Waals surface area contributed by atoms with Gasteiger partial charge < -0.3 is 14.5 Å². The zero-order valence-corrected chi connectivity index (χ0v) is 19.6. The molecule has 3 heterocycles. The highest BCUT2D eigenvalue weighted by Gasteiger charge is 2.42. The van der Waals surface area contributed by atoms with Gasteiger partial charge in [-0.25, -0.2) is 4.79 Å². The number of aromatic nitrogens is 1. The van der Waals surface area contributed by atoms with E-state index in [0.29, 0.717) is 11.5 Å². The van der Waals surface area contributed by atoms with Crippen LogP contribution in [0.4, 0.5) is 0 Å². The Morgan fingerprint density at radius 1 is 1.15 bits per heavy atom. The van der Waals surface area contributed by atoms with Crippen LogP contribution in [-0.2, 0) is 20.7 Å². The summed E-state index contributed by atoms with van der Waals surface area (Å²) in [6, 6.07) is 17.4. The molecule has 33 heavy (non-hydrogen) atoms. The summed E-state index contributed by atoms with van der Waals surface area (Å²) in [5.74, 6) is 0.218. The molecule has 0 aliphatic carbocycles. The number of fused-ring (bicyclic) bond motifs is 5. The SMILES string of the molecule is CC[C@@H]1CN2CCc3c([nH]c4cccc(-c5ccccc5)c34)[C@@H]2C[C@@H]1/C(=C\OC)C(=O)OC. The van der Waals surface area contributed by atoms with E-state index in [0.717, 1.165) is 32.4 Å². The first kappa shape index (κ1) is 21.8. The first-order chi connectivity index (χ1) is 16.2. The molecular weight excluding hydrogens is 412 g/mol. The van der Waals surface area contributed by atoms with Gasteiger partial charge >= 0.3 is 5.97 Å². The van der Waals surface area contributed by atoms with Gasteiger partial charge in [-0.05, 0) is 47.4 Å². The number of aromatic amines is 1. The summed E-state index contributed by atoms with van der Waals surface area (Å²) in [7, 11) is 3.05. The van der Waals surface area contributed by atoms with E-state index >= 15 is 0 Å². The first-order valence-electron chi connectivity index (χ1n) is 11.9. The van der Waals surface area contributed by atoms with Crippen LogP contribution in [0.3, 0.4) is 0 Å². The van der Waals surface area contributed by atoms with Crippen LogP contribution in [0.5, 0.6) is 0 Å². The summed E-state index contributed by atoms with van der Waals surface area (Å²) in [6.07, 6.45) is 4.53. The minimum Gasteiger partial charge on any atom is -0.504 e. The van der Waals surface area contributed by atoms with Crippen LogP contribution in [0.25, 0.3) is 22.0 Å². The van der Waals surface area contributed by atoms with Gasteiger partial charge in [-0.15, -0.1) is 0 Å². The average molecular weight is 445 g/mol. The zero-order valence-electron chi connectivity index (χ0n) is 19.6. The van der Waals surface area contributed by atoms with Crippen molar-refractivity contribution in [2.24, 2.45) is 11.8 Å². The molecule has 0 amide bonds. The van der Waals surface area contributed by atoms with Crippen LogP contribution in [0.1, 0.15) is 37.1 Å².